The molecule has 90 valence electrons. The summed E-state index contributed by atoms with van der Waals surface area (Å²) >= 11 is 0. The largest absolute Gasteiger partial charge is 0.391 e. The van der Waals surface area contributed by atoms with E-state index in [1.807, 2.05) is 6.92 Å². The van der Waals surface area contributed by atoms with Crippen LogP contribution in [0.5, 0.6) is 0 Å². The molecule has 0 fully saturated rings. The molecule has 0 aromatic heterocycles. The number of hydrogen-bond acceptors (Lipinski definition) is 2. The van der Waals surface area contributed by atoms with Gasteiger partial charge < -0.3 is 15.7 Å². The molecule has 4 nitrogen and oxygen atoms in total. The van der Waals surface area contributed by atoms with Gasteiger partial charge in [0.2, 0.25) is 0 Å². The van der Waals surface area contributed by atoms with Crippen LogP contribution in [0.15, 0.2) is 0 Å². The number of rotatable bonds is 7. The van der Waals surface area contributed by atoms with Gasteiger partial charge in [0.15, 0.2) is 0 Å². The molecule has 3 N–H and O–H groups in total. The first-order valence-electron chi connectivity index (χ1n) is 5.85. The van der Waals surface area contributed by atoms with Crippen molar-refractivity contribution in [3.8, 4) is 0 Å². The van der Waals surface area contributed by atoms with Crippen molar-refractivity contribution in [3.05, 3.63) is 0 Å². The molecule has 1 atom stereocenters. The number of aliphatic hydroxyl groups is 1. The zero-order valence-corrected chi connectivity index (χ0v) is 10.0. The van der Waals surface area contributed by atoms with E-state index < -0.39 is 6.10 Å². The lowest BCUT2D eigenvalue weighted by Gasteiger charge is -2.20. The summed E-state index contributed by atoms with van der Waals surface area (Å²) in [7, 11) is 0. The number of amides is 2. The summed E-state index contributed by atoms with van der Waals surface area (Å²) in [6, 6.07) is -0.193. The summed E-state index contributed by atoms with van der Waals surface area (Å²) in [5.74, 6) is 0.275. The minimum absolute atomic E-state index is 0.193. The molecule has 0 rings (SSSR count). The number of carbonyl (C=O) groups is 1. The Morgan fingerprint density at radius 3 is 2.27 bits per heavy atom. The first-order valence-corrected chi connectivity index (χ1v) is 5.85. The molecule has 2 amide bonds. The van der Waals surface area contributed by atoms with Gasteiger partial charge in [-0.05, 0) is 12.3 Å². The molecule has 4 heteroatoms. The molecule has 15 heavy (non-hydrogen) atoms. The Kier molecular flexibility index (Phi) is 8.09. The summed E-state index contributed by atoms with van der Waals surface area (Å²) < 4.78 is 0. The molecule has 0 aliphatic rings. The Morgan fingerprint density at radius 2 is 1.80 bits per heavy atom. The molecule has 0 aliphatic heterocycles. The molecule has 0 radical (unpaired) electrons. The van der Waals surface area contributed by atoms with Crippen LogP contribution in [0.1, 0.15) is 40.0 Å². The van der Waals surface area contributed by atoms with Crippen molar-refractivity contribution >= 4 is 6.03 Å². The lowest BCUT2D eigenvalue weighted by molar-refractivity contribution is 0.103. The Balaban J connectivity index is 3.68. The second kappa shape index (κ2) is 8.53. The van der Waals surface area contributed by atoms with Crippen LogP contribution >= 0.6 is 0 Å². The number of hydrogen-bond donors (Lipinski definition) is 3. The van der Waals surface area contributed by atoms with Crippen molar-refractivity contribution in [2.45, 2.75) is 46.1 Å². The van der Waals surface area contributed by atoms with Crippen molar-refractivity contribution in [2.24, 2.45) is 5.92 Å². The van der Waals surface area contributed by atoms with Gasteiger partial charge >= 0.3 is 6.03 Å². The summed E-state index contributed by atoms with van der Waals surface area (Å²) in [4.78, 5) is 11.2. The molecular formula is C11H24N2O2. The number of aliphatic hydroxyl groups excluding tert-OH is 1. The molecule has 0 aromatic carbocycles. The molecule has 0 saturated heterocycles. The second-order valence-corrected chi connectivity index (χ2v) is 3.78. The van der Waals surface area contributed by atoms with E-state index in [0.29, 0.717) is 13.1 Å². The van der Waals surface area contributed by atoms with Crippen LogP contribution in [0.25, 0.3) is 0 Å². The maximum absolute atomic E-state index is 11.2. The minimum atomic E-state index is -0.438. The highest BCUT2D eigenvalue weighted by molar-refractivity contribution is 5.73. The van der Waals surface area contributed by atoms with E-state index in [1.165, 1.54) is 0 Å². The highest BCUT2D eigenvalue weighted by Crippen LogP contribution is 2.11. The summed E-state index contributed by atoms with van der Waals surface area (Å²) in [5.41, 5.74) is 0. The summed E-state index contributed by atoms with van der Waals surface area (Å²) in [6.07, 6.45) is 2.36. The van der Waals surface area contributed by atoms with Crippen molar-refractivity contribution in [1.29, 1.82) is 0 Å². The van der Waals surface area contributed by atoms with E-state index in [2.05, 4.69) is 24.5 Å². The zero-order chi connectivity index (χ0) is 11.7. The molecule has 0 spiro atoms. The molecule has 0 aliphatic carbocycles. The normalized spacial score (nSPS) is 12.6. The van der Waals surface area contributed by atoms with Crippen LogP contribution in [0.3, 0.4) is 0 Å². The Labute approximate surface area is 92.4 Å². The van der Waals surface area contributed by atoms with Crippen LogP contribution in [0.4, 0.5) is 4.79 Å². The van der Waals surface area contributed by atoms with E-state index in [1.54, 1.807) is 0 Å². The topological polar surface area (TPSA) is 61.4 Å². The lowest BCUT2D eigenvalue weighted by atomic mass is 9.97. The Bertz CT molecular complexity index is 170. The van der Waals surface area contributed by atoms with E-state index in [-0.39, 0.29) is 11.9 Å². The third-order valence-electron chi connectivity index (χ3n) is 2.60. The molecule has 0 bridgehead atoms. The molecule has 0 heterocycles. The minimum Gasteiger partial charge on any atom is -0.391 e. The van der Waals surface area contributed by atoms with Crippen molar-refractivity contribution in [1.82, 2.24) is 10.6 Å². The maximum Gasteiger partial charge on any atom is 0.314 e. The number of nitrogens with one attached hydrogen (secondary N) is 2. The van der Waals surface area contributed by atoms with Crippen LogP contribution in [-0.4, -0.2) is 30.3 Å². The van der Waals surface area contributed by atoms with Gasteiger partial charge in [0, 0.05) is 13.1 Å². The predicted octanol–water partition coefficient (Wildman–Crippen LogP) is 1.49. The Hall–Kier alpha value is -0.770. The van der Waals surface area contributed by atoms with E-state index in [4.69, 9.17) is 0 Å². The van der Waals surface area contributed by atoms with Gasteiger partial charge in [-0.15, -0.1) is 0 Å². The van der Waals surface area contributed by atoms with E-state index in [9.17, 15) is 9.90 Å². The van der Waals surface area contributed by atoms with Gasteiger partial charge in [-0.1, -0.05) is 33.6 Å². The average molecular weight is 216 g/mol. The first kappa shape index (κ1) is 14.2. The van der Waals surface area contributed by atoms with Gasteiger partial charge in [0.1, 0.15) is 0 Å². The smallest absolute Gasteiger partial charge is 0.314 e. The Morgan fingerprint density at radius 1 is 1.20 bits per heavy atom. The quantitative estimate of drug-likeness (QED) is 0.604. The van der Waals surface area contributed by atoms with Gasteiger partial charge in [0.25, 0.3) is 0 Å². The molecule has 0 aromatic rings. The van der Waals surface area contributed by atoms with Gasteiger partial charge in [0.05, 0.1) is 6.10 Å². The zero-order valence-electron chi connectivity index (χ0n) is 10.0. The molecular weight excluding hydrogens is 192 g/mol. The SMILES string of the molecule is CCCNC(=O)NCC(O)C(CC)CC. The van der Waals surface area contributed by atoms with Gasteiger partial charge in [-0.25, -0.2) is 4.79 Å². The third kappa shape index (κ3) is 6.33. The van der Waals surface area contributed by atoms with Crippen molar-refractivity contribution in [2.75, 3.05) is 13.1 Å². The molecule has 0 saturated carbocycles. The fraction of sp³-hybridized carbons (Fsp3) is 0.909. The van der Waals surface area contributed by atoms with Crippen LogP contribution in [0.2, 0.25) is 0 Å². The summed E-state index contributed by atoms with van der Waals surface area (Å²) in [6.45, 7) is 7.11. The maximum atomic E-state index is 11.2. The monoisotopic (exact) mass is 216 g/mol. The number of carbonyl (C=O) groups excluding carboxylic acids is 1. The second-order valence-electron chi connectivity index (χ2n) is 3.78. The highest BCUT2D eigenvalue weighted by atomic mass is 16.3. The fourth-order valence-corrected chi connectivity index (χ4v) is 1.50. The lowest BCUT2D eigenvalue weighted by Crippen LogP contribution is -2.41. The van der Waals surface area contributed by atoms with Crippen molar-refractivity contribution in [3.63, 3.8) is 0 Å². The van der Waals surface area contributed by atoms with Crippen molar-refractivity contribution < 1.29 is 9.90 Å². The van der Waals surface area contributed by atoms with Gasteiger partial charge in [-0.2, -0.15) is 0 Å². The number of urea groups is 1. The third-order valence-corrected chi connectivity index (χ3v) is 2.60. The van der Waals surface area contributed by atoms with Gasteiger partial charge in [-0.3, -0.25) is 0 Å². The average Bonchev–Trinajstić information content (AvgIpc) is 2.25. The van der Waals surface area contributed by atoms with Crippen LogP contribution < -0.4 is 10.6 Å². The predicted molar refractivity (Wildman–Crippen MR) is 61.8 cm³/mol. The van der Waals surface area contributed by atoms with E-state index in [0.717, 1.165) is 19.3 Å². The first-order chi connectivity index (χ1) is 7.15. The van der Waals surface area contributed by atoms with Crippen LogP contribution in [-0.2, 0) is 0 Å². The van der Waals surface area contributed by atoms with Crippen LogP contribution in [0, 0.1) is 5.92 Å². The molecule has 1 unspecified atom stereocenters. The standard InChI is InChI=1S/C11H24N2O2/c1-4-7-12-11(15)13-8-10(14)9(5-2)6-3/h9-10,14H,4-8H2,1-3H3,(H2,12,13,15). The van der Waals surface area contributed by atoms with E-state index >= 15 is 0 Å². The summed E-state index contributed by atoms with van der Waals surface area (Å²) in [5, 5.41) is 15.1. The fourth-order valence-electron chi connectivity index (χ4n) is 1.50. The highest BCUT2D eigenvalue weighted by Gasteiger charge is 2.15.